The molecule has 0 fully saturated rings. The van der Waals surface area contributed by atoms with Gasteiger partial charge in [0.2, 0.25) is 0 Å². The first-order chi connectivity index (χ1) is 8.56. The third-order valence-corrected chi connectivity index (χ3v) is 3.75. The minimum Gasteiger partial charge on any atom is -0.324 e. The molecule has 2 N–H and O–H groups in total. The highest BCUT2D eigenvalue weighted by molar-refractivity contribution is 14.1. The predicted octanol–water partition coefficient (Wildman–Crippen LogP) is 4.33. The van der Waals surface area contributed by atoms with Gasteiger partial charge in [-0.05, 0) is 64.4 Å². The zero-order chi connectivity index (χ0) is 13.1. The lowest BCUT2D eigenvalue weighted by atomic mass is 10.00. The molecule has 0 bridgehead atoms. The van der Waals surface area contributed by atoms with Gasteiger partial charge in [-0.3, -0.25) is 0 Å². The van der Waals surface area contributed by atoms with Crippen LogP contribution in [0.3, 0.4) is 0 Å². The van der Waals surface area contributed by atoms with Crippen LogP contribution in [0.25, 0.3) is 0 Å². The Labute approximate surface area is 124 Å². The summed E-state index contributed by atoms with van der Waals surface area (Å²) in [6, 6.07) is 12.6. The van der Waals surface area contributed by atoms with Gasteiger partial charge >= 0.3 is 0 Å². The molecule has 0 aromatic heterocycles. The van der Waals surface area contributed by atoms with Crippen LogP contribution in [0.15, 0.2) is 42.5 Å². The summed E-state index contributed by atoms with van der Waals surface area (Å²) in [6.07, 6.45) is 0.707. The highest BCUT2D eigenvalue weighted by atomic mass is 127. The van der Waals surface area contributed by atoms with Crippen LogP contribution in [0.1, 0.15) is 17.2 Å². The lowest BCUT2D eigenvalue weighted by molar-refractivity contribution is 0.625. The zero-order valence-corrected chi connectivity index (χ0v) is 12.5. The van der Waals surface area contributed by atoms with Crippen LogP contribution >= 0.6 is 34.2 Å². The topological polar surface area (TPSA) is 26.0 Å². The van der Waals surface area contributed by atoms with Crippen LogP contribution in [-0.2, 0) is 6.42 Å². The Hall–Kier alpha value is -0.650. The second-order valence-corrected chi connectivity index (χ2v) is 5.76. The van der Waals surface area contributed by atoms with Gasteiger partial charge in [-0.15, -0.1) is 0 Å². The lowest BCUT2D eigenvalue weighted by Crippen LogP contribution is -2.13. The first-order valence-electron chi connectivity index (χ1n) is 5.51. The Bertz CT molecular complexity index is 542. The van der Waals surface area contributed by atoms with Gasteiger partial charge < -0.3 is 5.73 Å². The fourth-order valence-electron chi connectivity index (χ4n) is 1.74. The number of halogens is 3. The van der Waals surface area contributed by atoms with Crippen LogP contribution in [0.5, 0.6) is 0 Å². The van der Waals surface area contributed by atoms with Crippen molar-refractivity contribution in [2.45, 2.75) is 12.5 Å². The monoisotopic (exact) mass is 375 g/mol. The molecule has 4 heteroatoms. The van der Waals surface area contributed by atoms with Gasteiger partial charge in [0.1, 0.15) is 5.82 Å². The summed E-state index contributed by atoms with van der Waals surface area (Å²) in [5.41, 5.74) is 8.10. The molecular formula is C14H12ClFIN. The Morgan fingerprint density at radius 3 is 2.44 bits per heavy atom. The standard InChI is InChI=1S/C14H12ClFIN/c15-12-8-10(3-6-13(12)16)14(18)7-9-1-4-11(17)5-2-9/h1-6,8,14H,7,18H2. The normalized spacial score (nSPS) is 12.4. The van der Waals surface area contributed by atoms with Crippen molar-refractivity contribution in [3.8, 4) is 0 Å². The molecular weight excluding hydrogens is 364 g/mol. The van der Waals surface area contributed by atoms with Crippen molar-refractivity contribution >= 4 is 34.2 Å². The minimum atomic E-state index is -0.415. The maximum Gasteiger partial charge on any atom is 0.141 e. The van der Waals surface area contributed by atoms with E-state index < -0.39 is 5.82 Å². The first kappa shape index (κ1) is 13.8. The van der Waals surface area contributed by atoms with E-state index in [-0.39, 0.29) is 11.1 Å². The van der Waals surface area contributed by atoms with Crippen molar-refractivity contribution < 1.29 is 4.39 Å². The van der Waals surface area contributed by atoms with Crippen molar-refractivity contribution in [3.05, 3.63) is 68.0 Å². The second kappa shape index (κ2) is 5.99. The molecule has 0 saturated carbocycles. The van der Waals surface area contributed by atoms with E-state index in [0.717, 1.165) is 11.1 Å². The molecule has 0 spiro atoms. The molecule has 0 aliphatic rings. The first-order valence-corrected chi connectivity index (χ1v) is 6.97. The van der Waals surface area contributed by atoms with E-state index in [1.807, 2.05) is 24.3 Å². The number of hydrogen-bond donors (Lipinski definition) is 1. The quantitative estimate of drug-likeness (QED) is 0.794. The molecule has 2 aromatic carbocycles. The summed E-state index contributed by atoms with van der Waals surface area (Å²) in [6.45, 7) is 0. The van der Waals surface area contributed by atoms with Crippen LogP contribution in [0.2, 0.25) is 5.02 Å². The highest BCUT2D eigenvalue weighted by Crippen LogP contribution is 2.22. The summed E-state index contributed by atoms with van der Waals surface area (Å²) < 4.78 is 14.2. The van der Waals surface area contributed by atoms with E-state index in [0.29, 0.717) is 6.42 Å². The molecule has 18 heavy (non-hydrogen) atoms. The zero-order valence-electron chi connectivity index (χ0n) is 9.54. The second-order valence-electron chi connectivity index (χ2n) is 4.11. The van der Waals surface area contributed by atoms with Gasteiger partial charge in [0.15, 0.2) is 0 Å². The van der Waals surface area contributed by atoms with Gasteiger partial charge in [-0.2, -0.15) is 0 Å². The third kappa shape index (κ3) is 3.43. The molecule has 94 valence electrons. The van der Waals surface area contributed by atoms with Gasteiger partial charge in [-0.25, -0.2) is 4.39 Å². The van der Waals surface area contributed by atoms with Gasteiger partial charge in [0.05, 0.1) is 5.02 Å². The summed E-state index contributed by atoms with van der Waals surface area (Å²) in [4.78, 5) is 0. The Morgan fingerprint density at radius 2 is 1.83 bits per heavy atom. The van der Waals surface area contributed by atoms with Gasteiger partial charge in [0.25, 0.3) is 0 Å². The van der Waals surface area contributed by atoms with Crippen LogP contribution in [0.4, 0.5) is 4.39 Å². The van der Waals surface area contributed by atoms with Crippen molar-refractivity contribution in [1.82, 2.24) is 0 Å². The fraction of sp³-hybridized carbons (Fsp3) is 0.143. The SMILES string of the molecule is NC(Cc1ccc(I)cc1)c1ccc(F)c(Cl)c1. The van der Waals surface area contributed by atoms with E-state index in [1.54, 1.807) is 12.1 Å². The molecule has 0 heterocycles. The van der Waals surface area contributed by atoms with E-state index >= 15 is 0 Å². The summed E-state index contributed by atoms with van der Waals surface area (Å²) in [5.74, 6) is -0.415. The maximum atomic E-state index is 13.1. The Balaban J connectivity index is 2.13. The van der Waals surface area contributed by atoms with Crippen molar-refractivity contribution in [2.24, 2.45) is 5.73 Å². The van der Waals surface area contributed by atoms with Crippen molar-refractivity contribution in [2.75, 3.05) is 0 Å². The molecule has 1 nitrogen and oxygen atoms in total. The maximum absolute atomic E-state index is 13.1. The van der Waals surface area contributed by atoms with Crippen LogP contribution in [0, 0.1) is 9.39 Å². The third-order valence-electron chi connectivity index (χ3n) is 2.74. The number of nitrogens with two attached hydrogens (primary N) is 1. The summed E-state index contributed by atoms with van der Waals surface area (Å²) in [7, 11) is 0. The largest absolute Gasteiger partial charge is 0.324 e. The van der Waals surface area contributed by atoms with Crippen molar-refractivity contribution in [3.63, 3.8) is 0 Å². The average Bonchev–Trinajstić information content (AvgIpc) is 2.35. The van der Waals surface area contributed by atoms with Gasteiger partial charge in [-0.1, -0.05) is 29.8 Å². The molecule has 2 aromatic rings. The Morgan fingerprint density at radius 1 is 1.17 bits per heavy atom. The molecule has 0 aliphatic carbocycles. The van der Waals surface area contributed by atoms with E-state index in [9.17, 15) is 4.39 Å². The minimum absolute atomic E-state index is 0.116. The number of benzene rings is 2. The molecule has 0 amide bonds. The summed E-state index contributed by atoms with van der Waals surface area (Å²) >= 11 is 8.01. The average molecular weight is 376 g/mol. The van der Waals surface area contributed by atoms with E-state index in [1.165, 1.54) is 9.64 Å². The van der Waals surface area contributed by atoms with Crippen LogP contribution < -0.4 is 5.73 Å². The lowest BCUT2D eigenvalue weighted by Gasteiger charge is -2.12. The van der Waals surface area contributed by atoms with Gasteiger partial charge in [0, 0.05) is 9.61 Å². The van der Waals surface area contributed by atoms with E-state index in [4.69, 9.17) is 17.3 Å². The Kier molecular flexibility index (Phi) is 4.59. The molecule has 1 unspecified atom stereocenters. The number of hydrogen-bond acceptors (Lipinski definition) is 1. The molecule has 0 radical (unpaired) electrons. The van der Waals surface area contributed by atoms with Crippen LogP contribution in [-0.4, -0.2) is 0 Å². The molecule has 0 saturated heterocycles. The molecule has 0 aliphatic heterocycles. The molecule has 1 atom stereocenters. The fourth-order valence-corrected chi connectivity index (χ4v) is 2.28. The number of rotatable bonds is 3. The smallest absolute Gasteiger partial charge is 0.141 e. The predicted molar refractivity (Wildman–Crippen MR) is 81.2 cm³/mol. The summed E-state index contributed by atoms with van der Waals surface area (Å²) in [5, 5.41) is 0.116. The van der Waals surface area contributed by atoms with Crippen molar-refractivity contribution in [1.29, 1.82) is 0 Å². The molecule has 2 rings (SSSR count). The van der Waals surface area contributed by atoms with E-state index in [2.05, 4.69) is 22.6 Å². The highest BCUT2D eigenvalue weighted by Gasteiger charge is 2.09.